The molecule has 1 aliphatic rings. The van der Waals surface area contributed by atoms with E-state index in [1.54, 1.807) is 6.20 Å². The Morgan fingerprint density at radius 2 is 2.24 bits per heavy atom. The summed E-state index contributed by atoms with van der Waals surface area (Å²) in [7, 11) is 0. The van der Waals surface area contributed by atoms with E-state index in [0.717, 1.165) is 5.92 Å². The fourth-order valence-electron chi connectivity index (χ4n) is 2.78. The molecule has 0 saturated heterocycles. The van der Waals surface area contributed by atoms with Gasteiger partial charge in [-0.3, -0.25) is 10.6 Å². The summed E-state index contributed by atoms with van der Waals surface area (Å²) in [5.74, 6) is 7.40. The first-order valence-corrected chi connectivity index (χ1v) is 7.63. The molecule has 1 fully saturated rings. The molecule has 0 radical (unpaired) electrons. The van der Waals surface area contributed by atoms with Crippen LogP contribution >= 0.6 is 0 Å². The van der Waals surface area contributed by atoms with Crippen molar-refractivity contribution < 1.29 is 4.79 Å². The van der Waals surface area contributed by atoms with E-state index in [4.69, 9.17) is 5.84 Å². The van der Waals surface area contributed by atoms with Gasteiger partial charge < -0.3 is 10.7 Å². The molecule has 2 atom stereocenters. The predicted molar refractivity (Wildman–Crippen MR) is 82.8 cm³/mol. The van der Waals surface area contributed by atoms with Crippen molar-refractivity contribution in [2.45, 2.75) is 46.0 Å². The van der Waals surface area contributed by atoms with E-state index in [1.165, 1.54) is 19.3 Å². The van der Waals surface area contributed by atoms with Crippen LogP contribution in [0, 0.1) is 11.8 Å². The third-order valence-electron chi connectivity index (χ3n) is 4.05. The number of hydrogen-bond acceptors (Lipinski definition) is 5. The van der Waals surface area contributed by atoms with Crippen LogP contribution in [0.3, 0.4) is 0 Å². The standard InChI is InChI=1S/C15H25N5O/c1-9(2)14-17-8-12(20-16)13(19-14)15(21)18-7-11-5-4-10(3)6-11/h8-11,20H,4-7,16H2,1-3H3,(H,18,21). The van der Waals surface area contributed by atoms with Crippen molar-refractivity contribution in [3.63, 3.8) is 0 Å². The quantitative estimate of drug-likeness (QED) is 0.570. The molecule has 0 aromatic carbocycles. The molecule has 116 valence electrons. The van der Waals surface area contributed by atoms with Crippen LogP contribution in [0.15, 0.2) is 6.20 Å². The molecule has 0 bridgehead atoms. The fourth-order valence-corrected chi connectivity index (χ4v) is 2.78. The van der Waals surface area contributed by atoms with Crippen LogP contribution in [-0.4, -0.2) is 22.4 Å². The Hall–Kier alpha value is -1.69. The average molecular weight is 291 g/mol. The lowest BCUT2D eigenvalue weighted by atomic mass is 10.1. The maximum atomic E-state index is 12.3. The maximum Gasteiger partial charge on any atom is 0.272 e. The van der Waals surface area contributed by atoms with E-state index >= 15 is 0 Å². The van der Waals surface area contributed by atoms with Gasteiger partial charge in [-0.1, -0.05) is 27.2 Å². The summed E-state index contributed by atoms with van der Waals surface area (Å²) in [5.41, 5.74) is 3.27. The minimum absolute atomic E-state index is 0.166. The predicted octanol–water partition coefficient (Wildman–Crippen LogP) is 2.05. The van der Waals surface area contributed by atoms with Crippen molar-refractivity contribution in [3.05, 3.63) is 17.7 Å². The molecule has 0 aliphatic heterocycles. The smallest absolute Gasteiger partial charge is 0.272 e. The Labute approximate surface area is 125 Å². The van der Waals surface area contributed by atoms with Crippen LogP contribution in [0.5, 0.6) is 0 Å². The highest BCUT2D eigenvalue weighted by Gasteiger charge is 2.23. The molecule has 1 aliphatic carbocycles. The zero-order chi connectivity index (χ0) is 15.4. The van der Waals surface area contributed by atoms with Crippen molar-refractivity contribution >= 4 is 11.6 Å². The molecule has 6 nitrogen and oxygen atoms in total. The lowest BCUT2D eigenvalue weighted by Gasteiger charge is -2.14. The van der Waals surface area contributed by atoms with E-state index in [2.05, 4.69) is 27.6 Å². The highest BCUT2D eigenvalue weighted by molar-refractivity contribution is 5.97. The monoisotopic (exact) mass is 291 g/mol. The average Bonchev–Trinajstić information content (AvgIpc) is 2.89. The number of nitrogens with one attached hydrogen (secondary N) is 2. The largest absolute Gasteiger partial charge is 0.350 e. The second kappa shape index (κ2) is 6.85. The Kier molecular flexibility index (Phi) is 5.12. The van der Waals surface area contributed by atoms with Gasteiger partial charge in [0.05, 0.1) is 11.9 Å². The van der Waals surface area contributed by atoms with Crippen LogP contribution in [0.2, 0.25) is 0 Å². The van der Waals surface area contributed by atoms with E-state index in [-0.39, 0.29) is 11.8 Å². The van der Waals surface area contributed by atoms with Gasteiger partial charge in [0, 0.05) is 12.5 Å². The summed E-state index contributed by atoms with van der Waals surface area (Å²) in [6.45, 7) is 6.95. The fraction of sp³-hybridized carbons (Fsp3) is 0.667. The zero-order valence-electron chi connectivity index (χ0n) is 13.0. The Morgan fingerprint density at radius 3 is 2.81 bits per heavy atom. The van der Waals surface area contributed by atoms with Crippen molar-refractivity contribution in [2.24, 2.45) is 17.7 Å². The Bertz CT molecular complexity index is 503. The molecule has 21 heavy (non-hydrogen) atoms. The number of anilines is 1. The van der Waals surface area contributed by atoms with Gasteiger partial charge in [-0.15, -0.1) is 0 Å². The third-order valence-corrected chi connectivity index (χ3v) is 4.05. The first kappa shape index (κ1) is 15.7. The summed E-state index contributed by atoms with van der Waals surface area (Å²) in [6.07, 6.45) is 5.18. The maximum absolute atomic E-state index is 12.3. The Morgan fingerprint density at radius 1 is 1.48 bits per heavy atom. The number of hydrazine groups is 1. The van der Waals surface area contributed by atoms with E-state index < -0.39 is 0 Å². The van der Waals surface area contributed by atoms with Crippen LogP contribution < -0.4 is 16.6 Å². The minimum Gasteiger partial charge on any atom is -0.350 e. The molecular weight excluding hydrogens is 266 g/mol. The summed E-state index contributed by atoms with van der Waals surface area (Å²) >= 11 is 0. The van der Waals surface area contributed by atoms with Gasteiger partial charge in [-0.2, -0.15) is 0 Å². The molecule has 0 spiro atoms. The van der Waals surface area contributed by atoms with E-state index in [0.29, 0.717) is 29.7 Å². The second-order valence-electron chi connectivity index (χ2n) is 6.28. The highest BCUT2D eigenvalue weighted by Crippen LogP contribution is 2.29. The molecular formula is C15H25N5O. The Balaban J connectivity index is 2.05. The number of rotatable bonds is 5. The molecule has 1 aromatic rings. The molecule has 2 unspecified atom stereocenters. The molecule has 1 saturated carbocycles. The van der Waals surface area contributed by atoms with Gasteiger partial charge in [0.2, 0.25) is 0 Å². The first-order chi connectivity index (χ1) is 10.0. The van der Waals surface area contributed by atoms with Crippen LogP contribution in [0.1, 0.15) is 62.3 Å². The van der Waals surface area contributed by atoms with Gasteiger partial charge in [0.1, 0.15) is 5.82 Å². The van der Waals surface area contributed by atoms with E-state index in [1.807, 2.05) is 13.8 Å². The van der Waals surface area contributed by atoms with Crippen molar-refractivity contribution in [1.82, 2.24) is 15.3 Å². The lowest BCUT2D eigenvalue weighted by molar-refractivity contribution is 0.0942. The van der Waals surface area contributed by atoms with E-state index in [9.17, 15) is 4.79 Å². The second-order valence-corrected chi connectivity index (χ2v) is 6.28. The molecule has 2 rings (SSSR count). The van der Waals surface area contributed by atoms with Gasteiger partial charge in [0.15, 0.2) is 5.69 Å². The summed E-state index contributed by atoms with van der Waals surface area (Å²) in [6, 6.07) is 0. The van der Waals surface area contributed by atoms with Crippen molar-refractivity contribution in [3.8, 4) is 0 Å². The normalized spacial score (nSPS) is 21.6. The highest BCUT2D eigenvalue weighted by atomic mass is 16.1. The van der Waals surface area contributed by atoms with Gasteiger partial charge in [-0.25, -0.2) is 9.97 Å². The number of nitrogens with zero attached hydrogens (tertiary/aromatic N) is 2. The van der Waals surface area contributed by atoms with Gasteiger partial charge in [-0.05, 0) is 24.7 Å². The van der Waals surface area contributed by atoms with Crippen LogP contribution in [-0.2, 0) is 0 Å². The number of aromatic nitrogens is 2. The van der Waals surface area contributed by atoms with Gasteiger partial charge in [0.25, 0.3) is 5.91 Å². The number of carbonyl (C=O) groups excluding carboxylic acids is 1. The first-order valence-electron chi connectivity index (χ1n) is 7.63. The number of amides is 1. The molecule has 1 aromatic heterocycles. The van der Waals surface area contributed by atoms with Crippen molar-refractivity contribution in [2.75, 3.05) is 12.0 Å². The number of nitrogen functional groups attached to an aromatic ring is 1. The number of hydrogen-bond donors (Lipinski definition) is 3. The van der Waals surface area contributed by atoms with Crippen LogP contribution in [0.4, 0.5) is 5.69 Å². The van der Waals surface area contributed by atoms with Crippen LogP contribution in [0.25, 0.3) is 0 Å². The third kappa shape index (κ3) is 3.91. The summed E-state index contributed by atoms with van der Waals surface area (Å²) in [4.78, 5) is 20.9. The number of nitrogens with two attached hydrogens (primary N) is 1. The molecule has 1 heterocycles. The van der Waals surface area contributed by atoms with Gasteiger partial charge >= 0.3 is 0 Å². The molecule has 6 heteroatoms. The van der Waals surface area contributed by atoms with Crippen molar-refractivity contribution in [1.29, 1.82) is 0 Å². The molecule has 4 N–H and O–H groups in total. The summed E-state index contributed by atoms with van der Waals surface area (Å²) in [5, 5.41) is 2.98. The minimum atomic E-state index is -0.188. The lowest BCUT2D eigenvalue weighted by Crippen LogP contribution is -2.31. The topological polar surface area (TPSA) is 92.9 Å². The molecule has 1 amide bonds. The SMILES string of the molecule is CC1CCC(CNC(=O)c2nc(C(C)C)ncc2NN)C1. The summed E-state index contributed by atoms with van der Waals surface area (Å²) < 4.78 is 0. The number of carbonyl (C=O) groups is 1. The zero-order valence-corrected chi connectivity index (χ0v) is 13.0.